The summed E-state index contributed by atoms with van der Waals surface area (Å²) >= 11 is 6.19. The zero-order valence-electron chi connectivity index (χ0n) is 15.5. The van der Waals surface area contributed by atoms with Gasteiger partial charge in [0.25, 0.3) is 5.91 Å². The maximum atomic E-state index is 12.7. The van der Waals surface area contributed by atoms with E-state index in [1.807, 2.05) is 30.3 Å². The van der Waals surface area contributed by atoms with Gasteiger partial charge >= 0.3 is 0 Å². The fourth-order valence-electron chi connectivity index (χ4n) is 3.62. The average Bonchev–Trinajstić information content (AvgIpc) is 3.43. The van der Waals surface area contributed by atoms with Crippen LogP contribution in [0.25, 0.3) is 5.69 Å². The van der Waals surface area contributed by atoms with Crippen LogP contribution in [0.3, 0.4) is 0 Å². The molecule has 1 N–H and O–H groups in total. The molecule has 0 radical (unpaired) electrons. The van der Waals surface area contributed by atoms with Crippen LogP contribution in [0, 0.1) is 0 Å². The van der Waals surface area contributed by atoms with E-state index in [0.29, 0.717) is 12.1 Å². The third-order valence-electron chi connectivity index (χ3n) is 5.08. The van der Waals surface area contributed by atoms with Crippen molar-refractivity contribution in [2.24, 2.45) is 0 Å². The van der Waals surface area contributed by atoms with Crippen LogP contribution in [0.15, 0.2) is 61.2 Å². The Labute approximate surface area is 169 Å². The van der Waals surface area contributed by atoms with Crippen molar-refractivity contribution in [1.29, 1.82) is 0 Å². The van der Waals surface area contributed by atoms with Crippen molar-refractivity contribution < 1.29 is 4.79 Å². The Hall–Kier alpha value is -2.70. The highest BCUT2D eigenvalue weighted by molar-refractivity contribution is 6.30. The number of halogens is 1. The van der Waals surface area contributed by atoms with Gasteiger partial charge in [0.15, 0.2) is 0 Å². The first kappa shape index (κ1) is 18.7. The lowest BCUT2D eigenvalue weighted by atomic mass is 10.1. The molecule has 0 bridgehead atoms. The lowest BCUT2D eigenvalue weighted by Gasteiger charge is -2.28. The molecule has 1 atom stereocenters. The van der Waals surface area contributed by atoms with Gasteiger partial charge in [-0.3, -0.25) is 9.69 Å². The molecule has 1 aliphatic rings. The van der Waals surface area contributed by atoms with Crippen molar-refractivity contribution in [3.8, 4) is 5.69 Å². The van der Waals surface area contributed by atoms with Gasteiger partial charge in [-0.05, 0) is 67.9 Å². The largest absolute Gasteiger partial charge is 0.350 e. The van der Waals surface area contributed by atoms with Crippen LogP contribution in [-0.2, 0) is 0 Å². The van der Waals surface area contributed by atoms with E-state index >= 15 is 0 Å². The first-order valence-corrected chi connectivity index (χ1v) is 9.81. The second kappa shape index (κ2) is 8.54. The molecule has 1 unspecified atom stereocenters. The Kier molecular flexibility index (Phi) is 5.69. The number of carbonyl (C=O) groups is 1. The fraction of sp³-hybridized carbons (Fsp3) is 0.286. The molecule has 1 fully saturated rings. The molecule has 2 aromatic carbocycles. The summed E-state index contributed by atoms with van der Waals surface area (Å²) < 4.78 is 1.66. The number of aromatic nitrogens is 3. The number of likely N-dealkylation sites (tertiary alicyclic amines) is 1. The molecule has 1 aliphatic heterocycles. The number of rotatable bonds is 6. The molecule has 7 heteroatoms. The first-order valence-electron chi connectivity index (χ1n) is 9.43. The Balaban J connectivity index is 1.45. The number of hydrogen-bond acceptors (Lipinski definition) is 4. The Morgan fingerprint density at radius 2 is 1.93 bits per heavy atom. The van der Waals surface area contributed by atoms with Gasteiger partial charge in [-0.1, -0.05) is 23.7 Å². The van der Waals surface area contributed by atoms with Crippen LogP contribution in [0.2, 0.25) is 5.02 Å². The van der Waals surface area contributed by atoms with Crippen LogP contribution in [0.1, 0.15) is 34.8 Å². The molecule has 1 aromatic heterocycles. The summed E-state index contributed by atoms with van der Waals surface area (Å²) in [6, 6.07) is 15.4. The summed E-state index contributed by atoms with van der Waals surface area (Å²) in [6.07, 6.45) is 5.49. The van der Waals surface area contributed by atoms with Gasteiger partial charge in [0.2, 0.25) is 0 Å². The highest BCUT2D eigenvalue weighted by Crippen LogP contribution is 2.26. The standard InChI is InChI=1S/C21H22ClN5O/c22-18-5-3-4-17(12-18)20(26-10-1-2-11-26)13-24-21(28)16-6-8-19(9-7-16)27-15-23-14-25-27/h3-9,12,14-15,20H,1-2,10-11,13H2,(H,24,28). The lowest BCUT2D eigenvalue weighted by Crippen LogP contribution is -2.36. The van der Waals surface area contributed by atoms with Crippen molar-refractivity contribution in [2.75, 3.05) is 19.6 Å². The summed E-state index contributed by atoms with van der Waals surface area (Å²) in [6.45, 7) is 2.63. The van der Waals surface area contributed by atoms with Gasteiger partial charge in [-0.2, -0.15) is 5.10 Å². The highest BCUT2D eigenvalue weighted by atomic mass is 35.5. The molecule has 1 saturated heterocycles. The molecule has 0 saturated carbocycles. The average molecular weight is 396 g/mol. The van der Waals surface area contributed by atoms with E-state index in [0.717, 1.165) is 29.4 Å². The zero-order chi connectivity index (χ0) is 19.3. The van der Waals surface area contributed by atoms with Crippen LogP contribution < -0.4 is 5.32 Å². The maximum absolute atomic E-state index is 12.7. The molecule has 0 spiro atoms. The maximum Gasteiger partial charge on any atom is 0.251 e. The first-order chi connectivity index (χ1) is 13.7. The van der Waals surface area contributed by atoms with Gasteiger partial charge in [-0.25, -0.2) is 9.67 Å². The van der Waals surface area contributed by atoms with Crippen molar-refractivity contribution in [3.63, 3.8) is 0 Å². The zero-order valence-corrected chi connectivity index (χ0v) is 16.2. The van der Waals surface area contributed by atoms with Crippen molar-refractivity contribution >= 4 is 17.5 Å². The van der Waals surface area contributed by atoms with E-state index in [9.17, 15) is 4.79 Å². The van der Waals surface area contributed by atoms with Crippen LogP contribution >= 0.6 is 11.6 Å². The van der Waals surface area contributed by atoms with Crippen molar-refractivity contribution in [3.05, 3.63) is 77.3 Å². The second-order valence-electron chi connectivity index (χ2n) is 6.91. The summed E-state index contributed by atoms with van der Waals surface area (Å²) in [4.78, 5) is 19.0. The minimum Gasteiger partial charge on any atom is -0.350 e. The quantitative estimate of drug-likeness (QED) is 0.694. The number of amides is 1. The van der Waals surface area contributed by atoms with Gasteiger partial charge < -0.3 is 5.32 Å². The van der Waals surface area contributed by atoms with Crippen LogP contribution in [0.4, 0.5) is 0 Å². The number of benzene rings is 2. The van der Waals surface area contributed by atoms with E-state index in [1.54, 1.807) is 23.1 Å². The summed E-state index contributed by atoms with van der Waals surface area (Å²) in [5, 5.41) is 7.90. The normalized spacial score (nSPS) is 15.5. The molecule has 3 aromatic rings. The van der Waals surface area contributed by atoms with E-state index in [2.05, 4.69) is 26.4 Å². The molecule has 2 heterocycles. The predicted octanol–water partition coefficient (Wildman–Crippen LogP) is 3.49. The van der Waals surface area contributed by atoms with Crippen LogP contribution in [-0.4, -0.2) is 45.2 Å². The van der Waals surface area contributed by atoms with E-state index in [4.69, 9.17) is 11.6 Å². The summed E-state index contributed by atoms with van der Waals surface area (Å²) in [5.41, 5.74) is 2.62. The Morgan fingerprint density at radius 3 is 2.61 bits per heavy atom. The van der Waals surface area contributed by atoms with Crippen LogP contribution in [0.5, 0.6) is 0 Å². The molecule has 28 heavy (non-hydrogen) atoms. The highest BCUT2D eigenvalue weighted by Gasteiger charge is 2.24. The van der Waals surface area contributed by atoms with Gasteiger partial charge in [0.05, 0.1) is 11.7 Å². The van der Waals surface area contributed by atoms with Gasteiger partial charge in [-0.15, -0.1) is 0 Å². The third kappa shape index (κ3) is 4.24. The second-order valence-corrected chi connectivity index (χ2v) is 7.35. The molecule has 1 amide bonds. The van der Waals surface area contributed by atoms with E-state index in [-0.39, 0.29) is 11.9 Å². The topological polar surface area (TPSA) is 63.1 Å². The molecular formula is C21H22ClN5O. The van der Waals surface area contributed by atoms with Crippen molar-refractivity contribution in [1.82, 2.24) is 25.0 Å². The van der Waals surface area contributed by atoms with E-state index < -0.39 is 0 Å². The summed E-state index contributed by atoms with van der Waals surface area (Å²) in [7, 11) is 0. The lowest BCUT2D eigenvalue weighted by molar-refractivity contribution is 0.0938. The molecule has 0 aliphatic carbocycles. The minimum atomic E-state index is -0.0867. The Bertz CT molecular complexity index is 920. The SMILES string of the molecule is O=C(NCC(c1cccc(Cl)c1)N1CCCC1)c1ccc(-n2cncn2)cc1. The van der Waals surface area contributed by atoms with Crippen molar-refractivity contribution in [2.45, 2.75) is 18.9 Å². The molecule has 6 nitrogen and oxygen atoms in total. The number of carbonyl (C=O) groups excluding carboxylic acids is 1. The summed E-state index contributed by atoms with van der Waals surface area (Å²) in [5.74, 6) is -0.0867. The molecular weight excluding hydrogens is 374 g/mol. The minimum absolute atomic E-state index is 0.0867. The Morgan fingerprint density at radius 1 is 1.14 bits per heavy atom. The molecule has 144 valence electrons. The van der Waals surface area contributed by atoms with Gasteiger partial charge in [0.1, 0.15) is 12.7 Å². The third-order valence-corrected chi connectivity index (χ3v) is 5.32. The monoisotopic (exact) mass is 395 g/mol. The predicted molar refractivity (Wildman–Crippen MR) is 109 cm³/mol. The van der Waals surface area contributed by atoms with E-state index in [1.165, 1.54) is 19.2 Å². The number of hydrogen-bond donors (Lipinski definition) is 1. The number of nitrogens with zero attached hydrogens (tertiary/aromatic N) is 4. The molecule has 4 rings (SSSR count). The number of nitrogens with one attached hydrogen (secondary N) is 1. The fourth-order valence-corrected chi connectivity index (χ4v) is 3.82. The smallest absolute Gasteiger partial charge is 0.251 e. The van der Waals surface area contributed by atoms with Gasteiger partial charge in [0, 0.05) is 17.1 Å².